The highest BCUT2D eigenvalue weighted by atomic mass is 32.2. The first-order valence-corrected chi connectivity index (χ1v) is 11.6. The van der Waals surface area contributed by atoms with Crippen molar-refractivity contribution in [1.29, 1.82) is 0 Å². The van der Waals surface area contributed by atoms with E-state index in [9.17, 15) is 26.4 Å². The fraction of sp³-hybridized carbons (Fsp3) is 0.650. The third-order valence-electron chi connectivity index (χ3n) is 5.33. The molecule has 0 unspecified atom stereocenters. The second-order valence-corrected chi connectivity index (χ2v) is 9.11. The summed E-state index contributed by atoms with van der Waals surface area (Å²) in [5.74, 6) is -2.24. The van der Waals surface area contributed by atoms with Gasteiger partial charge in [0.15, 0.2) is 0 Å². The largest absolute Gasteiger partial charge is 0.487 e. The van der Waals surface area contributed by atoms with Crippen LogP contribution in [0.3, 0.4) is 0 Å². The SMILES string of the molecule is CCC1(Oc2cc(C(=O)OCCS(=O)(=O)O)ccc2C(F)(F)F)CCCCCCC1. The van der Waals surface area contributed by atoms with Gasteiger partial charge in [-0.3, -0.25) is 4.55 Å². The molecule has 1 aliphatic rings. The van der Waals surface area contributed by atoms with Crippen molar-refractivity contribution in [3.05, 3.63) is 29.3 Å². The number of benzene rings is 1. The maximum atomic E-state index is 13.6. The first kappa shape index (κ1) is 24.5. The van der Waals surface area contributed by atoms with E-state index in [4.69, 9.17) is 14.0 Å². The van der Waals surface area contributed by atoms with Gasteiger partial charge in [0.25, 0.3) is 10.1 Å². The first-order chi connectivity index (χ1) is 14.0. The molecule has 0 aromatic heterocycles. The van der Waals surface area contributed by atoms with E-state index in [1.165, 1.54) is 0 Å². The van der Waals surface area contributed by atoms with Crippen molar-refractivity contribution in [3.63, 3.8) is 0 Å². The van der Waals surface area contributed by atoms with Crippen LogP contribution in [0.1, 0.15) is 74.2 Å². The van der Waals surface area contributed by atoms with Crippen LogP contribution in [0.4, 0.5) is 13.2 Å². The minimum atomic E-state index is -4.67. The van der Waals surface area contributed by atoms with Crippen molar-refractivity contribution in [1.82, 2.24) is 0 Å². The lowest BCUT2D eigenvalue weighted by molar-refractivity contribution is -0.140. The maximum Gasteiger partial charge on any atom is 0.419 e. The van der Waals surface area contributed by atoms with Crippen LogP contribution in [0, 0.1) is 0 Å². The molecule has 0 radical (unpaired) electrons. The summed E-state index contributed by atoms with van der Waals surface area (Å²) in [5, 5.41) is 0. The van der Waals surface area contributed by atoms with E-state index in [2.05, 4.69) is 0 Å². The first-order valence-electron chi connectivity index (χ1n) is 9.98. The summed E-state index contributed by atoms with van der Waals surface area (Å²) < 4.78 is 81.5. The average molecular weight is 452 g/mol. The molecule has 1 saturated carbocycles. The van der Waals surface area contributed by atoms with Crippen molar-refractivity contribution >= 4 is 16.1 Å². The molecule has 6 nitrogen and oxygen atoms in total. The van der Waals surface area contributed by atoms with Crippen molar-refractivity contribution in [2.24, 2.45) is 0 Å². The molecule has 1 aromatic carbocycles. The predicted octanol–water partition coefficient (Wildman–Crippen LogP) is 5.02. The molecule has 1 N–H and O–H groups in total. The standard InChI is InChI=1S/C20H27F3O6S/c1-2-19(10-6-4-3-5-7-11-19)29-17-14-15(8-9-16(17)20(21,22)23)18(24)28-12-13-30(25,26)27/h8-9,14H,2-7,10-13H2,1H3,(H,25,26,27). The topological polar surface area (TPSA) is 89.9 Å². The summed E-state index contributed by atoms with van der Waals surface area (Å²) in [5.41, 5.74) is -1.91. The highest BCUT2D eigenvalue weighted by Crippen LogP contribution is 2.41. The lowest BCUT2D eigenvalue weighted by Gasteiger charge is -2.36. The van der Waals surface area contributed by atoms with Gasteiger partial charge in [0, 0.05) is 0 Å². The number of carbonyl (C=O) groups excluding carboxylic acids is 1. The Morgan fingerprint density at radius 3 is 2.27 bits per heavy atom. The summed E-state index contributed by atoms with van der Waals surface area (Å²) in [4.78, 5) is 12.2. The molecule has 170 valence electrons. The quantitative estimate of drug-likeness (QED) is 0.461. The van der Waals surface area contributed by atoms with Gasteiger partial charge in [-0.05, 0) is 50.3 Å². The molecule has 0 aliphatic heterocycles. The minimum Gasteiger partial charge on any atom is -0.487 e. The van der Waals surface area contributed by atoms with Crippen molar-refractivity contribution in [3.8, 4) is 5.75 Å². The van der Waals surface area contributed by atoms with E-state index in [-0.39, 0.29) is 5.56 Å². The Hall–Kier alpha value is -1.81. The van der Waals surface area contributed by atoms with Crippen molar-refractivity contribution in [2.45, 2.75) is 70.1 Å². The van der Waals surface area contributed by atoms with Crippen LogP contribution in [0.15, 0.2) is 18.2 Å². The van der Waals surface area contributed by atoms with Crippen LogP contribution >= 0.6 is 0 Å². The Morgan fingerprint density at radius 2 is 1.73 bits per heavy atom. The van der Waals surface area contributed by atoms with Crippen LogP contribution in [0.25, 0.3) is 0 Å². The lowest BCUT2D eigenvalue weighted by Crippen LogP contribution is -2.36. The molecule has 1 fully saturated rings. The van der Waals surface area contributed by atoms with Crippen molar-refractivity contribution in [2.75, 3.05) is 12.4 Å². The Bertz CT molecular complexity index is 827. The number of halogens is 3. The number of alkyl halides is 3. The van der Waals surface area contributed by atoms with Gasteiger partial charge >= 0.3 is 12.1 Å². The van der Waals surface area contributed by atoms with Gasteiger partial charge in [-0.25, -0.2) is 4.79 Å². The Labute approximate surface area is 174 Å². The number of esters is 1. The van der Waals surface area contributed by atoms with Crippen LogP contribution in [0.5, 0.6) is 5.75 Å². The van der Waals surface area contributed by atoms with Gasteiger partial charge in [0.1, 0.15) is 23.7 Å². The Kier molecular flexibility index (Phi) is 8.15. The Balaban J connectivity index is 2.30. The molecular formula is C20H27F3O6S. The number of ether oxygens (including phenoxy) is 2. The third-order valence-corrected chi connectivity index (χ3v) is 6.02. The average Bonchev–Trinajstić information content (AvgIpc) is 2.62. The molecule has 0 atom stereocenters. The zero-order valence-corrected chi connectivity index (χ0v) is 17.7. The summed E-state index contributed by atoms with van der Waals surface area (Å²) >= 11 is 0. The fourth-order valence-electron chi connectivity index (χ4n) is 3.60. The third kappa shape index (κ3) is 7.16. The zero-order valence-electron chi connectivity index (χ0n) is 16.8. The van der Waals surface area contributed by atoms with Crippen molar-refractivity contribution < 1.29 is 40.4 Å². The minimum absolute atomic E-state index is 0.189. The highest BCUT2D eigenvalue weighted by molar-refractivity contribution is 7.85. The maximum absolute atomic E-state index is 13.6. The van der Waals surface area contributed by atoms with Gasteiger partial charge in [0.05, 0.1) is 11.1 Å². The summed E-state index contributed by atoms with van der Waals surface area (Å²) in [6.45, 7) is 1.26. The number of carbonyl (C=O) groups is 1. The van der Waals surface area contributed by atoms with Gasteiger partial charge in [0.2, 0.25) is 0 Å². The molecule has 2 rings (SSSR count). The van der Waals surface area contributed by atoms with Gasteiger partial charge in [-0.15, -0.1) is 0 Å². The summed E-state index contributed by atoms with van der Waals surface area (Å²) in [6, 6.07) is 2.72. The van der Waals surface area contributed by atoms with Crippen LogP contribution in [0.2, 0.25) is 0 Å². The monoisotopic (exact) mass is 452 g/mol. The summed E-state index contributed by atoms with van der Waals surface area (Å²) in [6.07, 6.45) is 1.92. The van der Waals surface area contributed by atoms with Gasteiger partial charge in [-0.2, -0.15) is 21.6 Å². The summed E-state index contributed by atoms with van der Waals surface area (Å²) in [7, 11) is -4.32. The van der Waals surface area contributed by atoms with E-state index < -0.39 is 51.5 Å². The number of hydrogen-bond donors (Lipinski definition) is 1. The second-order valence-electron chi connectivity index (χ2n) is 7.54. The van der Waals surface area contributed by atoms with Crippen LogP contribution in [-0.2, 0) is 21.0 Å². The molecule has 0 amide bonds. The molecule has 30 heavy (non-hydrogen) atoms. The van der Waals surface area contributed by atoms with Crippen LogP contribution in [-0.4, -0.2) is 36.9 Å². The molecule has 0 heterocycles. The van der Waals surface area contributed by atoms with E-state index in [0.29, 0.717) is 19.3 Å². The van der Waals surface area contributed by atoms with E-state index in [0.717, 1.165) is 50.3 Å². The normalized spacial score (nSPS) is 17.6. The lowest BCUT2D eigenvalue weighted by atomic mass is 9.84. The molecule has 10 heteroatoms. The molecule has 1 aromatic rings. The van der Waals surface area contributed by atoms with E-state index in [1.807, 2.05) is 6.92 Å². The fourth-order valence-corrected chi connectivity index (χ4v) is 3.90. The number of rotatable bonds is 7. The smallest absolute Gasteiger partial charge is 0.419 e. The number of hydrogen-bond acceptors (Lipinski definition) is 5. The van der Waals surface area contributed by atoms with E-state index in [1.54, 1.807) is 0 Å². The van der Waals surface area contributed by atoms with E-state index >= 15 is 0 Å². The Morgan fingerprint density at radius 1 is 1.13 bits per heavy atom. The van der Waals surface area contributed by atoms with Gasteiger partial charge < -0.3 is 9.47 Å². The highest BCUT2D eigenvalue weighted by Gasteiger charge is 2.38. The molecule has 0 spiro atoms. The zero-order chi connectivity index (χ0) is 22.4. The second kappa shape index (κ2) is 10.00. The van der Waals surface area contributed by atoms with Crippen LogP contribution < -0.4 is 4.74 Å². The molecule has 0 bridgehead atoms. The molecule has 0 saturated heterocycles. The predicted molar refractivity (Wildman–Crippen MR) is 104 cm³/mol. The molecular weight excluding hydrogens is 425 g/mol. The van der Waals surface area contributed by atoms with Gasteiger partial charge in [-0.1, -0.05) is 26.2 Å². The molecule has 1 aliphatic carbocycles.